The summed E-state index contributed by atoms with van der Waals surface area (Å²) in [7, 11) is 1.69. The van der Waals surface area contributed by atoms with Gasteiger partial charge in [0.05, 0.1) is 35.5 Å². The van der Waals surface area contributed by atoms with Gasteiger partial charge in [-0.25, -0.2) is 0 Å². The molecule has 1 heterocycles. The second-order valence-corrected chi connectivity index (χ2v) is 19.8. The number of aliphatic hydroxyl groups excluding tert-OH is 3. The summed E-state index contributed by atoms with van der Waals surface area (Å²) in [5.74, 6) is 1.70. The number of esters is 1. The zero-order chi connectivity index (χ0) is 36.3. The van der Waals surface area contributed by atoms with Crippen molar-refractivity contribution in [3.63, 3.8) is 0 Å². The molecule has 4 saturated carbocycles. The SMILES string of the molecule is COC1=C([C@H](C)CC[C@H](OC(C)=O)C(C)(C)O)[C@@]2(C)CC[C@@]34[C@H](C)[C@@]35CC[C@H](O[C@@H]3OC[C@H](O)[C@H](I)[C@H]3O)C(C)(C)[C@@H]5CC[C@H]4[C@]2(C)[C@H]1O. The minimum Gasteiger partial charge on any atom is -0.498 e. The maximum Gasteiger partial charge on any atom is 0.303 e. The van der Waals surface area contributed by atoms with Gasteiger partial charge in [0.1, 0.15) is 24.1 Å². The van der Waals surface area contributed by atoms with Gasteiger partial charge in [-0.1, -0.05) is 64.1 Å². The maximum atomic E-state index is 12.4. The Labute approximate surface area is 307 Å². The molecule has 5 aliphatic carbocycles. The Morgan fingerprint density at radius 1 is 1.02 bits per heavy atom. The fourth-order valence-corrected chi connectivity index (χ4v) is 13.9. The third-order valence-corrected chi connectivity index (χ3v) is 17.4. The molecule has 0 amide bonds. The molecular formula is C39H63IO9. The highest BCUT2D eigenvalue weighted by Crippen LogP contribution is 2.91. The number of aliphatic hydroxyl groups is 4. The van der Waals surface area contributed by atoms with Crippen LogP contribution in [0.3, 0.4) is 0 Å². The van der Waals surface area contributed by atoms with Crippen molar-refractivity contribution in [2.24, 2.45) is 50.7 Å². The van der Waals surface area contributed by atoms with Crippen molar-refractivity contribution in [2.75, 3.05) is 13.7 Å². The van der Waals surface area contributed by atoms with Crippen molar-refractivity contribution in [2.45, 2.75) is 160 Å². The number of allylic oxidation sites excluding steroid dienone is 1. The normalized spacial score (nSPS) is 48.4. The number of methoxy groups -OCH3 is 1. The summed E-state index contributed by atoms with van der Waals surface area (Å²) >= 11 is 2.11. The summed E-state index contributed by atoms with van der Waals surface area (Å²) in [6, 6.07) is 0. The van der Waals surface area contributed by atoms with E-state index in [0.29, 0.717) is 36.4 Å². The van der Waals surface area contributed by atoms with Gasteiger partial charge in [-0.15, -0.1) is 0 Å². The van der Waals surface area contributed by atoms with Crippen LogP contribution < -0.4 is 0 Å². The van der Waals surface area contributed by atoms with Gasteiger partial charge in [0.15, 0.2) is 6.29 Å². The lowest BCUT2D eigenvalue weighted by molar-refractivity contribution is -0.278. The number of alkyl halides is 1. The Bertz CT molecular complexity index is 1330. The zero-order valence-electron chi connectivity index (χ0n) is 31.4. The van der Waals surface area contributed by atoms with Crippen LogP contribution in [0.4, 0.5) is 0 Å². The van der Waals surface area contributed by atoms with Gasteiger partial charge >= 0.3 is 5.97 Å². The molecule has 4 N–H and O–H groups in total. The predicted octanol–water partition coefficient (Wildman–Crippen LogP) is 5.92. The Morgan fingerprint density at radius 3 is 2.27 bits per heavy atom. The van der Waals surface area contributed by atoms with Crippen LogP contribution in [0, 0.1) is 50.7 Å². The smallest absolute Gasteiger partial charge is 0.303 e. The molecule has 0 radical (unpaired) electrons. The van der Waals surface area contributed by atoms with Crippen LogP contribution in [-0.2, 0) is 23.7 Å². The van der Waals surface area contributed by atoms with Crippen LogP contribution >= 0.6 is 22.6 Å². The van der Waals surface area contributed by atoms with Gasteiger partial charge in [-0.2, -0.15) is 0 Å². The molecule has 1 aliphatic heterocycles. The van der Waals surface area contributed by atoms with E-state index in [1.54, 1.807) is 21.0 Å². The van der Waals surface area contributed by atoms with Gasteiger partial charge in [-0.3, -0.25) is 4.79 Å². The first-order valence-electron chi connectivity index (χ1n) is 18.8. The topological polar surface area (TPSA) is 135 Å². The number of fused-ring (bicyclic) bond motifs is 2. The average Bonchev–Trinajstić information content (AvgIpc) is 3.49. The second-order valence-electron chi connectivity index (χ2n) is 18.4. The van der Waals surface area contributed by atoms with E-state index in [0.717, 1.165) is 38.5 Å². The molecule has 0 aromatic rings. The number of carbonyl (C=O) groups is 1. The predicted molar refractivity (Wildman–Crippen MR) is 193 cm³/mol. The highest BCUT2D eigenvalue weighted by Gasteiger charge is 2.87. The molecule has 15 atom stereocenters. The summed E-state index contributed by atoms with van der Waals surface area (Å²) < 4.78 is 23.9. The second kappa shape index (κ2) is 12.5. The Balaban J connectivity index is 1.26. The number of hydrogen-bond acceptors (Lipinski definition) is 9. The summed E-state index contributed by atoms with van der Waals surface area (Å²) in [6.07, 6.45) is 3.66. The summed E-state index contributed by atoms with van der Waals surface area (Å²) in [5.41, 5.74) is -0.462. The van der Waals surface area contributed by atoms with E-state index in [9.17, 15) is 25.2 Å². The molecule has 0 bridgehead atoms. The Morgan fingerprint density at radius 2 is 1.65 bits per heavy atom. The number of rotatable bonds is 9. The minimum atomic E-state index is -1.16. The van der Waals surface area contributed by atoms with E-state index < -0.39 is 47.7 Å². The monoisotopic (exact) mass is 802 g/mol. The lowest BCUT2D eigenvalue weighted by Gasteiger charge is -2.63. The van der Waals surface area contributed by atoms with Crippen molar-refractivity contribution >= 4 is 28.6 Å². The largest absolute Gasteiger partial charge is 0.498 e. The van der Waals surface area contributed by atoms with Crippen LogP contribution in [0.5, 0.6) is 0 Å². The van der Waals surface area contributed by atoms with E-state index in [1.807, 2.05) is 0 Å². The molecule has 0 aromatic heterocycles. The Hall–Kier alpha value is -0.500. The molecule has 6 rings (SSSR count). The molecule has 9 nitrogen and oxygen atoms in total. The van der Waals surface area contributed by atoms with Crippen molar-refractivity contribution in [3.05, 3.63) is 11.3 Å². The van der Waals surface area contributed by atoms with Gasteiger partial charge < -0.3 is 39.4 Å². The first-order valence-corrected chi connectivity index (χ1v) is 20.1. The first-order chi connectivity index (χ1) is 22.7. The quantitative estimate of drug-likeness (QED) is 0.0971. The third kappa shape index (κ3) is 5.20. The average molecular weight is 803 g/mol. The molecule has 6 aliphatic rings. The fraction of sp³-hybridized carbons (Fsp3) is 0.923. The zero-order valence-corrected chi connectivity index (χ0v) is 33.6. The molecule has 0 unspecified atom stereocenters. The van der Waals surface area contributed by atoms with Gasteiger partial charge in [0, 0.05) is 17.8 Å². The van der Waals surface area contributed by atoms with Gasteiger partial charge in [0.2, 0.25) is 0 Å². The number of carbonyl (C=O) groups excluding carboxylic acids is 1. The first kappa shape index (κ1) is 38.2. The van der Waals surface area contributed by atoms with E-state index in [1.165, 1.54) is 12.5 Å². The lowest BCUT2D eigenvalue weighted by atomic mass is 9.41. The van der Waals surface area contributed by atoms with Crippen molar-refractivity contribution < 1.29 is 44.2 Å². The van der Waals surface area contributed by atoms with Gasteiger partial charge in [-0.05, 0) is 111 Å². The molecular weight excluding hydrogens is 739 g/mol. The van der Waals surface area contributed by atoms with Crippen LogP contribution in [0.2, 0.25) is 0 Å². The van der Waals surface area contributed by atoms with Crippen LogP contribution in [-0.4, -0.2) is 86.4 Å². The van der Waals surface area contributed by atoms with E-state index in [2.05, 4.69) is 64.1 Å². The molecule has 0 aromatic carbocycles. The molecule has 2 spiro atoms. The fourth-order valence-electron chi connectivity index (χ4n) is 13.4. The molecule has 49 heavy (non-hydrogen) atoms. The molecule has 280 valence electrons. The molecule has 5 fully saturated rings. The van der Waals surface area contributed by atoms with Gasteiger partial charge in [0.25, 0.3) is 0 Å². The van der Waals surface area contributed by atoms with Crippen LogP contribution in [0.25, 0.3) is 0 Å². The van der Waals surface area contributed by atoms with Crippen molar-refractivity contribution in [1.29, 1.82) is 0 Å². The van der Waals surface area contributed by atoms with Crippen molar-refractivity contribution in [3.8, 4) is 0 Å². The summed E-state index contributed by atoms with van der Waals surface area (Å²) in [5, 5.41) is 44.3. The lowest BCUT2D eigenvalue weighted by Crippen LogP contribution is -2.61. The summed E-state index contributed by atoms with van der Waals surface area (Å²) in [6.45, 7) is 19.0. The number of halogens is 1. The highest BCUT2D eigenvalue weighted by molar-refractivity contribution is 14.1. The highest BCUT2D eigenvalue weighted by atomic mass is 127. The number of hydrogen-bond donors (Lipinski definition) is 4. The van der Waals surface area contributed by atoms with Crippen LogP contribution in [0.15, 0.2) is 11.3 Å². The third-order valence-electron chi connectivity index (χ3n) is 15.9. The minimum absolute atomic E-state index is 0.0570. The molecule has 1 saturated heterocycles. The van der Waals surface area contributed by atoms with Crippen LogP contribution in [0.1, 0.15) is 114 Å². The maximum absolute atomic E-state index is 12.4. The Kier molecular flexibility index (Phi) is 9.78. The van der Waals surface area contributed by atoms with E-state index >= 15 is 0 Å². The van der Waals surface area contributed by atoms with Crippen molar-refractivity contribution in [1.82, 2.24) is 0 Å². The van der Waals surface area contributed by atoms with E-state index in [4.69, 9.17) is 18.9 Å². The standard InChI is InChI=1S/C39H63IO9/c1-20(11-14-27(35(6,7)45)48-22(3)41)28-31(46-10)32(44)37(9)25-13-12-24-34(4,5)26(49-33-30(43)29(40)23(42)19-47-33)15-16-38(24)21(2)39(25,38)18-17-36(28,37)8/h20-21,23-27,29-30,32-33,42-45H,11-19H2,1-10H3/t20-,21-,23+,24+,25+,26+,27+,29+,30-,32+,33+,36-,37-,38-,39+/m1/s1. The summed E-state index contributed by atoms with van der Waals surface area (Å²) in [4.78, 5) is 11.9. The molecule has 10 heteroatoms. The van der Waals surface area contributed by atoms with E-state index in [-0.39, 0.29) is 44.2 Å². The number of ether oxygens (including phenoxy) is 4.